The zero-order valence-electron chi connectivity index (χ0n) is 11.8. The van der Waals surface area contributed by atoms with Gasteiger partial charge < -0.3 is 14.9 Å². The van der Waals surface area contributed by atoms with Crippen LogP contribution in [0, 0.1) is 4.77 Å². The summed E-state index contributed by atoms with van der Waals surface area (Å²) in [6.45, 7) is 6.49. The zero-order valence-corrected chi connectivity index (χ0v) is 14.2. The Kier molecular flexibility index (Phi) is 4.34. The SMILES string of the molecule is CC(C)(C)NC(=O)CCn1c(=S)[nH]c2cc(Br)ccc21. The average molecular weight is 356 g/mol. The second-order valence-electron chi connectivity index (χ2n) is 5.79. The van der Waals surface area contributed by atoms with E-state index in [9.17, 15) is 4.79 Å². The van der Waals surface area contributed by atoms with Crippen LogP contribution in [0.2, 0.25) is 0 Å². The molecular formula is C14H18BrN3OS. The topological polar surface area (TPSA) is 49.8 Å². The van der Waals surface area contributed by atoms with Crippen LogP contribution >= 0.6 is 28.1 Å². The molecule has 0 bridgehead atoms. The molecule has 1 amide bonds. The summed E-state index contributed by atoms with van der Waals surface area (Å²) >= 11 is 8.75. The number of nitrogens with one attached hydrogen (secondary N) is 2. The number of nitrogens with zero attached hydrogens (tertiary/aromatic N) is 1. The van der Waals surface area contributed by atoms with Crippen molar-refractivity contribution in [3.05, 3.63) is 27.4 Å². The quantitative estimate of drug-likeness (QED) is 0.823. The minimum absolute atomic E-state index is 0.0332. The number of H-pyrrole nitrogens is 1. The van der Waals surface area contributed by atoms with Crippen molar-refractivity contribution in [1.82, 2.24) is 14.9 Å². The highest BCUT2D eigenvalue weighted by Crippen LogP contribution is 2.19. The molecule has 2 aromatic rings. The number of hydrogen-bond acceptors (Lipinski definition) is 2. The smallest absolute Gasteiger partial charge is 0.222 e. The van der Waals surface area contributed by atoms with E-state index in [0.29, 0.717) is 17.7 Å². The molecule has 108 valence electrons. The van der Waals surface area contributed by atoms with Crippen LogP contribution in [0.15, 0.2) is 22.7 Å². The molecule has 0 aliphatic carbocycles. The van der Waals surface area contributed by atoms with E-state index in [2.05, 4.69) is 26.2 Å². The monoisotopic (exact) mass is 355 g/mol. The zero-order chi connectivity index (χ0) is 14.9. The summed E-state index contributed by atoms with van der Waals surface area (Å²) in [4.78, 5) is 15.0. The van der Waals surface area contributed by atoms with Crippen molar-refractivity contribution in [2.75, 3.05) is 0 Å². The van der Waals surface area contributed by atoms with Crippen LogP contribution in [0.4, 0.5) is 0 Å². The summed E-state index contributed by atoms with van der Waals surface area (Å²) in [5.41, 5.74) is 1.78. The number of rotatable bonds is 3. The van der Waals surface area contributed by atoms with Crippen molar-refractivity contribution in [3.63, 3.8) is 0 Å². The molecule has 0 radical (unpaired) electrons. The summed E-state index contributed by atoms with van der Waals surface area (Å²) in [5.74, 6) is 0.0332. The third-order valence-electron chi connectivity index (χ3n) is 2.81. The Balaban J connectivity index is 2.16. The average Bonchev–Trinajstić information content (AvgIpc) is 2.59. The van der Waals surface area contributed by atoms with Crippen LogP contribution < -0.4 is 5.32 Å². The number of halogens is 1. The van der Waals surface area contributed by atoms with E-state index >= 15 is 0 Å². The molecule has 0 aliphatic heterocycles. The van der Waals surface area contributed by atoms with E-state index < -0.39 is 0 Å². The molecule has 20 heavy (non-hydrogen) atoms. The normalized spacial score (nSPS) is 11.8. The highest BCUT2D eigenvalue weighted by molar-refractivity contribution is 9.10. The summed E-state index contributed by atoms with van der Waals surface area (Å²) in [6, 6.07) is 5.95. The Morgan fingerprint density at radius 2 is 2.15 bits per heavy atom. The lowest BCUT2D eigenvalue weighted by molar-refractivity contribution is -0.122. The van der Waals surface area contributed by atoms with Crippen molar-refractivity contribution in [3.8, 4) is 0 Å². The van der Waals surface area contributed by atoms with E-state index in [4.69, 9.17) is 12.2 Å². The van der Waals surface area contributed by atoms with Crippen LogP contribution in [-0.2, 0) is 11.3 Å². The fourth-order valence-corrected chi connectivity index (χ4v) is 2.71. The molecule has 0 spiro atoms. The lowest BCUT2D eigenvalue weighted by Gasteiger charge is -2.20. The predicted octanol–water partition coefficient (Wildman–Crippen LogP) is 3.77. The van der Waals surface area contributed by atoms with E-state index in [1.54, 1.807) is 0 Å². The van der Waals surface area contributed by atoms with Crippen molar-refractivity contribution in [2.45, 2.75) is 39.3 Å². The fourth-order valence-electron chi connectivity index (χ4n) is 2.05. The fraction of sp³-hybridized carbons (Fsp3) is 0.429. The molecule has 2 rings (SSSR count). The highest BCUT2D eigenvalue weighted by Gasteiger charge is 2.14. The molecular weight excluding hydrogens is 338 g/mol. The predicted molar refractivity (Wildman–Crippen MR) is 87.3 cm³/mol. The van der Waals surface area contributed by atoms with Gasteiger partial charge in [0.1, 0.15) is 0 Å². The molecule has 0 atom stereocenters. The molecule has 0 fully saturated rings. The first kappa shape index (κ1) is 15.3. The second kappa shape index (κ2) is 5.69. The van der Waals surface area contributed by atoms with Gasteiger partial charge in [-0.2, -0.15) is 0 Å². The number of carbonyl (C=O) groups excluding carboxylic acids is 1. The van der Waals surface area contributed by atoms with Gasteiger partial charge in [0.05, 0.1) is 11.0 Å². The van der Waals surface area contributed by atoms with Crippen molar-refractivity contribution in [1.29, 1.82) is 0 Å². The van der Waals surface area contributed by atoms with Crippen molar-refractivity contribution < 1.29 is 4.79 Å². The van der Waals surface area contributed by atoms with Gasteiger partial charge in [-0.25, -0.2) is 0 Å². The first-order chi connectivity index (χ1) is 9.26. The molecule has 0 unspecified atom stereocenters. The number of fused-ring (bicyclic) bond motifs is 1. The summed E-state index contributed by atoms with van der Waals surface area (Å²) in [5, 5.41) is 2.95. The molecule has 0 aliphatic rings. The van der Waals surface area contributed by atoms with Crippen LogP contribution in [0.3, 0.4) is 0 Å². The summed E-state index contributed by atoms with van der Waals surface area (Å²) in [7, 11) is 0. The standard InChI is InChI=1S/C14H18BrN3OS/c1-14(2,3)17-12(19)6-7-18-11-5-4-9(15)8-10(11)16-13(18)20/h4-5,8H,6-7H2,1-3H3,(H,16,20)(H,17,19). The number of aryl methyl sites for hydroxylation is 1. The van der Waals surface area contributed by atoms with Gasteiger partial charge in [-0.05, 0) is 51.2 Å². The Morgan fingerprint density at radius 3 is 2.80 bits per heavy atom. The maximum Gasteiger partial charge on any atom is 0.222 e. The number of amides is 1. The first-order valence-electron chi connectivity index (χ1n) is 6.45. The van der Waals surface area contributed by atoms with Gasteiger partial charge in [0, 0.05) is 23.0 Å². The van der Waals surface area contributed by atoms with Gasteiger partial charge in [0.2, 0.25) is 5.91 Å². The molecule has 1 aromatic heterocycles. The van der Waals surface area contributed by atoms with Crippen molar-refractivity contribution >= 4 is 45.1 Å². The highest BCUT2D eigenvalue weighted by atomic mass is 79.9. The van der Waals surface area contributed by atoms with E-state index in [-0.39, 0.29) is 11.4 Å². The van der Waals surface area contributed by atoms with Gasteiger partial charge in [0.15, 0.2) is 4.77 Å². The maximum absolute atomic E-state index is 11.9. The van der Waals surface area contributed by atoms with Crippen LogP contribution in [-0.4, -0.2) is 21.0 Å². The Bertz CT molecular complexity index is 696. The van der Waals surface area contributed by atoms with E-state index in [1.807, 2.05) is 43.5 Å². The summed E-state index contributed by atoms with van der Waals surface area (Å²) in [6.07, 6.45) is 0.411. The molecule has 0 saturated carbocycles. The van der Waals surface area contributed by atoms with Gasteiger partial charge in [-0.15, -0.1) is 0 Å². The van der Waals surface area contributed by atoms with Gasteiger partial charge in [-0.1, -0.05) is 15.9 Å². The van der Waals surface area contributed by atoms with Crippen molar-refractivity contribution in [2.24, 2.45) is 0 Å². The van der Waals surface area contributed by atoms with Gasteiger partial charge in [0.25, 0.3) is 0 Å². The van der Waals surface area contributed by atoms with Crippen LogP contribution in [0.1, 0.15) is 27.2 Å². The molecule has 2 N–H and O–H groups in total. The number of carbonyl (C=O) groups is 1. The number of benzene rings is 1. The Labute approximate surface area is 131 Å². The molecule has 0 saturated heterocycles. The molecule has 1 aromatic carbocycles. The molecule has 6 heteroatoms. The minimum Gasteiger partial charge on any atom is -0.351 e. The van der Waals surface area contributed by atoms with Crippen LogP contribution in [0.25, 0.3) is 11.0 Å². The minimum atomic E-state index is -0.205. The number of hydrogen-bond donors (Lipinski definition) is 2. The van der Waals surface area contributed by atoms with E-state index in [0.717, 1.165) is 15.5 Å². The largest absolute Gasteiger partial charge is 0.351 e. The lowest BCUT2D eigenvalue weighted by Crippen LogP contribution is -2.40. The van der Waals surface area contributed by atoms with Crippen LogP contribution in [0.5, 0.6) is 0 Å². The molecule has 1 heterocycles. The maximum atomic E-state index is 11.9. The molecule has 4 nitrogen and oxygen atoms in total. The third kappa shape index (κ3) is 3.70. The number of aromatic amines is 1. The van der Waals surface area contributed by atoms with E-state index in [1.165, 1.54) is 0 Å². The Morgan fingerprint density at radius 1 is 1.45 bits per heavy atom. The van der Waals surface area contributed by atoms with Gasteiger partial charge >= 0.3 is 0 Å². The number of aromatic nitrogens is 2. The van der Waals surface area contributed by atoms with Gasteiger partial charge in [-0.3, -0.25) is 4.79 Å². The summed E-state index contributed by atoms with van der Waals surface area (Å²) < 4.78 is 3.60. The Hall–Kier alpha value is -1.14. The second-order valence-corrected chi connectivity index (χ2v) is 7.09. The third-order valence-corrected chi connectivity index (χ3v) is 3.63. The first-order valence-corrected chi connectivity index (χ1v) is 7.65. The lowest BCUT2D eigenvalue weighted by atomic mass is 10.1. The number of imidazole rings is 1.